The second-order valence-corrected chi connectivity index (χ2v) is 9.11. The van der Waals surface area contributed by atoms with E-state index in [4.69, 9.17) is 0 Å². The second kappa shape index (κ2) is 8.62. The number of carbonyl (C=O) groups excluding carboxylic acids is 1. The van der Waals surface area contributed by atoms with Gasteiger partial charge in [0.15, 0.2) is 5.13 Å². The number of thiazole rings is 1. The van der Waals surface area contributed by atoms with Gasteiger partial charge in [-0.05, 0) is 37.3 Å². The number of benzene rings is 1. The first kappa shape index (κ1) is 20.6. The van der Waals surface area contributed by atoms with Gasteiger partial charge in [0.25, 0.3) is 15.9 Å². The molecule has 0 fully saturated rings. The molecule has 4 aromatic rings. The Morgan fingerprint density at radius 2 is 1.77 bits per heavy atom. The summed E-state index contributed by atoms with van der Waals surface area (Å²) in [6.07, 6.45) is 6.06. The van der Waals surface area contributed by atoms with Crippen molar-refractivity contribution in [2.45, 2.75) is 11.8 Å². The van der Waals surface area contributed by atoms with Crippen LogP contribution in [0.2, 0.25) is 0 Å². The van der Waals surface area contributed by atoms with E-state index in [1.807, 2.05) is 13.0 Å². The summed E-state index contributed by atoms with van der Waals surface area (Å²) in [4.78, 5) is 25.3. The van der Waals surface area contributed by atoms with E-state index in [-0.39, 0.29) is 16.1 Å². The molecule has 10 heteroatoms. The van der Waals surface area contributed by atoms with Gasteiger partial charge in [0.05, 0.1) is 28.0 Å². The Kier molecular flexibility index (Phi) is 5.74. The lowest BCUT2D eigenvalue weighted by Gasteiger charge is -2.12. The van der Waals surface area contributed by atoms with Crippen LogP contribution in [-0.2, 0) is 10.0 Å². The number of carbonyl (C=O) groups is 1. The number of aryl methyl sites for hydroxylation is 1. The molecule has 3 aromatic heterocycles. The van der Waals surface area contributed by atoms with Gasteiger partial charge in [0.2, 0.25) is 0 Å². The van der Waals surface area contributed by atoms with Crippen LogP contribution in [-0.4, -0.2) is 29.3 Å². The number of pyridine rings is 2. The molecule has 156 valence electrons. The minimum absolute atomic E-state index is 0.0737. The standard InChI is InChI=1S/C21H17N5O3S2/c1-14-4-6-16(7-5-14)31(28,29)26-18-12-23-10-8-17(18)20(27)25-21-24-19(13-30-21)15-3-2-9-22-11-15/h2-13,26H,1H3,(H,24,25,27). The summed E-state index contributed by atoms with van der Waals surface area (Å²) in [6.45, 7) is 1.87. The monoisotopic (exact) mass is 451 g/mol. The zero-order valence-corrected chi connectivity index (χ0v) is 17.9. The molecule has 0 aliphatic rings. The average molecular weight is 452 g/mol. The van der Waals surface area contributed by atoms with Crippen molar-refractivity contribution in [3.8, 4) is 11.3 Å². The molecule has 0 unspecified atom stereocenters. The first-order valence-corrected chi connectivity index (χ1v) is 11.5. The topological polar surface area (TPSA) is 114 Å². The van der Waals surface area contributed by atoms with Crippen molar-refractivity contribution in [1.29, 1.82) is 0 Å². The first-order chi connectivity index (χ1) is 14.9. The van der Waals surface area contributed by atoms with Crippen LogP contribution in [0.5, 0.6) is 0 Å². The van der Waals surface area contributed by atoms with Gasteiger partial charge in [-0.15, -0.1) is 11.3 Å². The SMILES string of the molecule is Cc1ccc(S(=O)(=O)Nc2cnccc2C(=O)Nc2nc(-c3cccnc3)cs2)cc1. The van der Waals surface area contributed by atoms with E-state index in [0.717, 1.165) is 11.1 Å². The van der Waals surface area contributed by atoms with E-state index in [2.05, 4.69) is 25.0 Å². The van der Waals surface area contributed by atoms with Crippen LogP contribution in [0.4, 0.5) is 10.8 Å². The molecule has 1 aromatic carbocycles. The Labute approximate surface area is 183 Å². The quantitative estimate of drug-likeness (QED) is 0.459. The van der Waals surface area contributed by atoms with Crippen LogP contribution in [0, 0.1) is 6.92 Å². The number of amides is 1. The molecule has 8 nitrogen and oxygen atoms in total. The zero-order chi connectivity index (χ0) is 21.8. The van der Waals surface area contributed by atoms with Gasteiger partial charge in [-0.3, -0.25) is 24.8 Å². The minimum atomic E-state index is -3.88. The van der Waals surface area contributed by atoms with Crippen molar-refractivity contribution in [1.82, 2.24) is 15.0 Å². The first-order valence-electron chi connectivity index (χ1n) is 9.13. The fourth-order valence-electron chi connectivity index (χ4n) is 2.74. The number of rotatable bonds is 6. The van der Waals surface area contributed by atoms with E-state index in [9.17, 15) is 13.2 Å². The van der Waals surface area contributed by atoms with Crippen LogP contribution in [0.3, 0.4) is 0 Å². The van der Waals surface area contributed by atoms with E-state index >= 15 is 0 Å². The van der Waals surface area contributed by atoms with E-state index in [1.54, 1.807) is 36.0 Å². The van der Waals surface area contributed by atoms with Crippen molar-refractivity contribution in [3.63, 3.8) is 0 Å². The van der Waals surface area contributed by atoms with Gasteiger partial charge in [-0.25, -0.2) is 13.4 Å². The second-order valence-electron chi connectivity index (χ2n) is 6.57. The van der Waals surface area contributed by atoms with Gasteiger partial charge in [0, 0.05) is 29.5 Å². The largest absolute Gasteiger partial charge is 0.298 e. The molecule has 2 N–H and O–H groups in total. The number of aromatic nitrogens is 3. The summed E-state index contributed by atoms with van der Waals surface area (Å²) in [7, 11) is -3.88. The normalized spacial score (nSPS) is 11.1. The highest BCUT2D eigenvalue weighted by atomic mass is 32.2. The van der Waals surface area contributed by atoms with Crippen LogP contribution >= 0.6 is 11.3 Å². The summed E-state index contributed by atoms with van der Waals surface area (Å²) >= 11 is 1.26. The Morgan fingerprint density at radius 1 is 1.00 bits per heavy atom. The number of anilines is 2. The number of nitrogens with zero attached hydrogens (tertiary/aromatic N) is 3. The van der Waals surface area contributed by atoms with E-state index < -0.39 is 15.9 Å². The van der Waals surface area contributed by atoms with Crippen LogP contribution in [0.15, 0.2) is 77.5 Å². The fraction of sp³-hybridized carbons (Fsp3) is 0.0476. The molecule has 0 spiro atoms. The smallest absolute Gasteiger partial charge is 0.261 e. The maximum atomic E-state index is 12.8. The molecule has 0 aliphatic carbocycles. The molecular weight excluding hydrogens is 434 g/mol. The fourth-order valence-corrected chi connectivity index (χ4v) is 4.52. The lowest BCUT2D eigenvalue weighted by Crippen LogP contribution is -2.19. The maximum absolute atomic E-state index is 12.8. The average Bonchev–Trinajstić information content (AvgIpc) is 3.23. The molecule has 0 atom stereocenters. The third kappa shape index (κ3) is 4.76. The molecule has 0 aliphatic heterocycles. The number of hydrogen-bond acceptors (Lipinski definition) is 7. The summed E-state index contributed by atoms with van der Waals surface area (Å²) in [5.74, 6) is -0.504. The highest BCUT2D eigenvalue weighted by Crippen LogP contribution is 2.26. The van der Waals surface area contributed by atoms with Crippen molar-refractivity contribution in [2.75, 3.05) is 10.0 Å². The minimum Gasteiger partial charge on any atom is -0.298 e. The van der Waals surface area contributed by atoms with E-state index in [1.165, 1.54) is 41.9 Å². The predicted octanol–water partition coefficient (Wildman–Crippen LogP) is 3.96. The summed E-state index contributed by atoms with van der Waals surface area (Å²) in [5, 5.41) is 4.90. The molecule has 0 radical (unpaired) electrons. The number of hydrogen-bond donors (Lipinski definition) is 2. The van der Waals surface area contributed by atoms with Gasteiger partial charge in [-0.1, -0.05) is 17.7 Å². The molecule has 0 bridgehead atoms. The molecule has 0 saturated heterocycles. The van der Waals surface area contributed by atoms with Crippen molar-refractivity contribution < 1.29 is 13.2 Å². The van der Waals surface area contributed by atoms with Gasteiger partial charge in [0.1, 0.15) is 0 Å². The Balaban J connectivity index is 1.55. The summed E-state index contributed by atoms with van der Waals surface area (Å²) in [5.41, 5.74) is 2.65. The van der Waals surface area contributed by atoms with Crippen molar-refractivity contribution >= 4 is 38.1 Å². The van der Waals surface area contributed by atoms with Crippen molar-refractivity contribution in [3.05, 3.63) is 83.8 Å². The lowest BCUT2D eigenvalue weighted by molar-refractivity contribution is 0.102. The van der Waals surface area contributed by atoms with Crippen LogP contribution in [0.1, 0.15) is 15.9 Å². The summed E-state index contributed by atoms with van der Waals surface area (Å²) in [6, 6.07) is 11.5. The summed E-state index contributed by atoms with van der Waals surface area (Å²) < 4.78 is 27.9. The molecular formula is C21H17N5O3S2. The van der Waals surface area contributed by atoms with E-state index in [0.29, 0.717) is 10.8 Å². The van der Waals surface area contributed by atoms with Crippen LogP contribution < -0.4 is 10.0 Å². The highest BCUT2D eigenvalue weighted by Gasteiger charge is 2.20. The van der Waals surface area contributed by atoms with Gasteiger partial charge in [-0.2, -0.15) is 0 Å². The van der Waals surface area contributed by atoms with Crippen LogP contribution in [0.25, 0.3) is 11.3 Å². The Hall–Kier alpha value is -3.63. The predicted molar refractivity (Wildman–Crippen MR) is 120 cm³/mol. The molecule has 3 heterocycles. The molecule has 0 saturated carbocycles. The third-order valence-electron chi connectivity index (χ3n) is 4.32. The van der Waals surface area contributed by atoms with Gasteiger partial charge < -0.3 is 0 Å². The number of sulfonamides is 1. The lowest BCUT2D eigenvalue weighted by atomic mass is 10.2. The van der Waals surface area contributed by atoms with Gasteiger partial charge >= 0.3 is 0 Å². The molecule has 31 heavy (non-hydrogen) atoms. The van der Waals surface area contributed by atoms with Crippen molar-refractivity contribution in [2.24, 2.45) is 0 Å². The highest BCUT2D eigenvalue weighted by molar-refractivity contribution is 7.92. The Bertz CT molecular complexity index is 1320. The molecule has 1 amide bonds. The molecule has 4 rings (SSSR count). The number of nitrogens with one attached hydrogen (secondary N) is 2. The Morgan fingerprint density at radius 3 is 2.52 bits per heavy atom. The zero-order valence-electron chi connectivity index (χ0n) is 16.3. The third-order valence-corrected chi connectivity index (χ3v) is 6.46. The maximum Gasteiger partial charge on any atom is 0.261 e.